The maximum absolute atomic E-state index is 10.6. The van der Waals surface area contributed by atoms with Gasteiger partial charge in [-0.1, -0.05) is 0 Å². The Morgan fingerprint density at radius 1 is 1.18 bits per heavy atom. The number of aromatic nitrogens is 2. The highest BCUT2D eigenvalue weighted by molar-refractivity contribution is 7.07. The number of ether oxygens (including phenoxy) is 1. The molecule has 0 aromatic carbocycles. The van der Waals surface area contributed by atoms with Crippen molar-refractivity contribution in [2.45, 2.75) is 38.3 Å². The van der Waals surface area contributed by atoms with Gasteiger partial charge in [0.25, 0.3) is 0 Å². The number of fused-ring (bicyclic) bond motifs is 1. The number of aryl methyl sites for hydroxylation is 1. The van der Waals surface area contributed by atoms with Crippen LogP contribution in [0.2, 0.25) is 0 Å². The fourth-order valence-corrected chi connectivity index (χ4v) is 3.62. The Morgan fingerprint density at radius 3 is 2.18 bits per heavy atom. The van der Waals surface area contributed by atoms with Gasteiger partial charge in [-0.15, -0.1) is 0 Å². The summed E-state index contributed by atoms with van der Waals surface area (Å²) in [5, 5.41) is 18.6. The van der Waals surface area contributed by atoms with E-state index in [9.17, 15) is 26.3 Å². The predicted octanol–water partition coefficient (Wildman–Crippen LogP) is 3.88. The molecule has 1 unspecified atom stereocenters. The Bertz CT molecular complexity index is 891. The maximum atomic E-state index is 10.6. The van der Waals surface area contributed by atoms with E-state index in [4.69, 9.17) is 24.5 Å². The Hall–Kier alpha value is -2.65. The quantitative estimate of drug-likeness (QED) is 0.578. The van der Waals surface area contributed by atoms with Crippen molar-refractivity contribution < 1.29 is 50.9 Å². The summed E-state index contributed by atoms with van der Waals surface area (Å²) >= 11 is 1.76. The van der Waals surface area contributed by atoms with Crippen LogP contribution in [0.4, 0.5) is 26.3 Å². The fraction of sp³-hybridized carbons (Fsp3) is 0.526. The van der Waals surface area contributed by atoms with E-state index in [-0.39, 0.29) is 0 Å². The van der Waals surface area contributed by atoms with Crippen molar-refractivity contribution in [3.05, 3.63) is 40.1 Å². The van der Waals surface area contributed by atoms with E-state index >= 15 is 0 Å². The van der Waals surface area contributed by atoms with Gasteiger partial charge in [0.05, 0.1) is 18.6 Å². The third-order valence-corrected chi connectivity index (χ3v) is 5.03. The predicted molar refractivity (Wildman–Crippen MR) is 108 cm³/mol. The second kappa shape index (κ2) is 12.7. The van der Waals surface area contributed by atoms with E-state index in [1.807, 2.05) is 6.33 Å². The summed E-state index contributed by atoms with van der Waals surface area (Å²) < 4.78 is 71.3. The largest absolute Gasteiger partial charge is 0.490 e. The van der Waals surface area contributed by atoms with Crippen LogP contribution in [0.25, 0.3) is 0 Å². The van der Waals surface area contributed by atoms with Gasteiger partial charge in [-0.2, -0.15) is 37.7 Å². The lowest BCUT2D eigenvalue weighted by Crippen LogP contribution is -2.35. The Kier molecular flexibility index (Phi) is 11.0. The van der Waals surface area contributed by atoms with Crippen molar-refractivity contribution in [2.24, 2.45) is 7.05 Å². The van der Waals surface area contributed by atoms with Crippen molar-refractivity contribution in [1.82, 2.24) is 14.5 Å². The van der Waals surface area contributed by atoms with Crippen LogP contribution in [0, 0.1) is 0 Å². The van der Waals surface area contributed by atoms with Gasteiger partial charge in [0.1, 0.15) is 0 Å². The SMILES string of the molecule is CCOCC1CN(Cc2ccsc2)Cc2ncn(C)c21.O=C(O)C(F)(F)F.O=C(O)C(F)(F)F. The normalized spacial score (nSPS) is 15.9. The molecule has 0 saturated carbocycles. The van der Waals surface area contributed by atoms with Crippen molar-refractivity contribution in [3.8, 4) is 0 Å². The van der Waals surface area contributed by atoms with Crippen LogP contribution in [0.1, 0.15) is 29.8 Å². The summed E-state index contributed by atoms with van der Waals surface area (Å²) in [7, 11) is 2.08. The van der Waals surface area contributed by atoms with Gasteiger partial charge in [0.2, 0.25) is 0 Å². The maximum Gasteiger partial charge on any atom is 0.490 e. The first-order valence-electron chi connectivity index (χ1n) is 9.58. The topological polar surface area (TPSA) is 105 Å². The summed E-state index contributed by atoms with van der Waals surface area (Å²) in [5.74, 6) is -5.09. The highest BCUT2D eigenvalue weighted by Crippen LogP contribution is 2.28. The average Bonchev–Trinajstić information content (AvgIpc) is 3.35. The average molecular weight is 519 g/mol. The minimum Gasteiger partial charge on any atom is -0.475 e. The number of nitrogens with zero attached hydrogens (tertiary/aromatic N) is 3. The number of halogens is 6. The molecule has 0 amide bonds. The third-order valence-electron chi connectivity index (χ3n) is 4.30. The number of hydrogen-bond donors (Lipinski definition) is 2. The number of hydrogen-bond acceptors (Lipinski definition) is 6. The van der Waals surface area contributed by atoms with Crippen LogP contribution < -0.4 is 0 Å². The molecule has 0 aliphatic carbocycles. The molecule has 15 heteroatoms. The summed E-state index contributed by atoms with van der Waals surface area (Å²) in [5.41, 5.74) is 3.95. The minimum atomic E-state index is -5.08. The summed E-state index contributed by atoms with van der Waals surface area (Å²) in [6, 6.07) is 2.20. The first-order valence-corrected chi connectivity index (χ1v) is 10.5. The lowest BCUT2D eigenvalue weighted by molar-refractivity contribution is -0.193. The summed E-state index contributed by atoms with van der Waals surface area (Å²) in [6.45, 7) is 6.59. The number of carboxylic acid groups (broad SMARTS) is 2. The molecule has 0 saturated heterocycles. The molecular formula is C19H23F6N3O5S. The molecular weight excluding hydrogens is 496 g/mol. The molecule has 0 bridgehead atoms. The molecule has 0 fully saturated rings. The highest BCUT2D eigenvalue weighted by atomic mass is 32.1. The molecule has 3 heterocycles. The Morgan fingerprint density at radius 2 is 1.74 bits per heavy atom. The Labute approximate surface area is 194 Å². The molecule has 8 nitrogen and oxygen atoms in total. The third kappa shape index (κ3) is 9.69. The second-order valence-corrected chi connectivity index (χ2v) is 7.73. The smallest absolute Gasteiger partial charge is 0.475 e. The summed E-state index contributed by atoms with van der Waals surface area (Å²) in [4.78, 5) is 24.8. The molecule has 192 valence electrons. The number of alkyl halides is 6. The lowest BCUT2D eigenvalue weighted by atomic mass is 9.98. The van der Waals surface area contributed by atoms with Crippen molar-refractivity contribution in [3.63, 3.8) is 0 Å². The number of imidazole rings is 1. The van der Waals surface area contributed by atoms with E-state index in [0.717, 1.165) is 32.8 Å². The van der Waals surface area contributed by atoms with Crippen LogP contribution in [0.5, 0.6) is 0 Å². The molecule has 2 aromatic rings. The molecule has 1 aliphatic heterocycles. The molecule has 2 aromatic heterocycles. The van der Waals surface area contributed by atoms with Crippen LogP contribution in [0.15, 0.2) is 23.2 Å². The molecule has 0 spiro atoms. The molecule has 34 heavy (non-hydrogen) atoms. The van der Waals surface area contributed by atoms with Gasteiger partial charge in [0.15, 0.2) is 0 Å². The van der Waals surface area contributed by atoms with Gasteiger partial charge < -0.3 is 19.5 Å². The van der Waals surface area contributed by atoms with E-state index in [2.05, 4.69) is 45.2 Å². The van der Waals surface area contributed by atoms with Crippen molar-refractivity contribution in [1.29, 1.82) is 0 Å². The molecule has 0 radical (unpaired) electrons. The van der Waals surface area contributed by atoms with Crippen LogP contribution in [-0.2, 0) is 34.5 Å². The standard InChI is InChI=1S/C15H21N3OS.2C2HF3O2/c1-3-19-9-13-7-18(6-12-4-5-20-10-12)8-14-15(13)17(2)11-16-14;2*3-2(4,5)1(6)7/h4-5,10-11,13H,3,6-9H2,1-2H3;2*(H,6,7). The van der Waals surface area contributed by atoms with Gasteiger partial charge >= 0.3 is 24.3 Å². The number of thiophene rings is 1. The zero-order valence-electron chi connectivity index (χ0n) is 18.1. The molecule has 1 aliphatic rings. The number of aliphatic carboxylic acids is 2. The molecule has 2 N–H and O–H groups in total. The highest BCUT2D eigenvalue weighted by Gasteiger charge is 2.38. The van der Waals surface area contributed by atoms with E-state index in [0.29, 0.717) is 5.92 Å². The van der Waals surface area contributed by atoms with E-state index < -0.39 is 24.3 Å². The number of rotatable bonds is 5. The van der Waals surface area contributed by atoms with Crippen LogP contribution >= 0.6 is 11.3 Å². The van der Waals surface area contributed by atoms with Crippen LogP contribution in [0.3, 0.4) is 0 Å². The van der Waals surface area contributed by atoms with Gasteiger partial charge in [-0.05, 0) is 29.3 Å². The molecule has 1 atom stereocenters. The molecule has 3 rings (SSSR count). The monoisotopic (exact) mass is 519 g/mol. The van der Waals surface area contributed by atoms with E-state index in [1.165, 1.54) is 17.0 Å². The van der Waals surface area contributed by atoms with Gasteiger partial charge in [-0.3, -0.25) is 4.90 Å². The van der Waals surface area contributed by atoms with Crippen molar-refractivity contribution >= 4 is 23.3 Å². The van der Waals surface area contributed by atoms with Gasteiger partial charge in [0, 0.05) is 44.9 Å². The number of carboxylic acids is 2. The van der Waals surface area contributed by atoms with Crippen LogP contribution in [-0.4, -0.2) is 68.7 Å². The Balaban J connectivity index is 0.000000343. The summed E-state index contributed by atoms with van der Waals surface area (Å²) in [6.07, 6.45) is -8.24. The first-order chi connectivity index (χ1) is 15.7. The van der Waals surface area contributed by atoms with Crippen molar-refractivity contribution in [2.75, 3.05) is 19.8 Å². The zero-order chi connectivity index (χ0) is 26.1. The second-order valence-electron chi connectivity index (χ2n) is 6.95. The first kappa shape index (κ1) is 29.4. The minimum absolute atomic E-state index is 0.421. The van der Waals surface area contributed by atoms with E-state index in [1.54, 1.807) is 11.3 Å². The number of carbonyl (C=O) groups is 2. The lowest BCUT2D eigenvalue weighted by Gasteiger charge is -2.32. The van der Waals surface area contributed by atoms with Gasteiger partial charge in [-0.25, -0.2) is 14.6 Å². The fourth-order valence-electron chi connectivity index (χ4n) is 2.96. The zero-order valence-corrected chi connectivity index (χ0v) is 18.9.